The Hall–Kier alpha value is -0.0800. The minimum atomic E-state index is 0.215. The van der Waals surface area contributed by atoms with Crippen LogP contribution in [0.15, 0.2) is 0 Å². The summed E-state index contributed by atoms with van der Waals surface area (Å²) in [5, 5.41) is 12.5. The molecule has 2 nitrogen and oxygen atoms in total. The van der Waals surface area contributed by atoms with Gasteiger partial charge < -0.3 is 10.4 Å². The third kappa shape index (κ3) is 9.17. The van der Waals surface area contributed by atoms with Gasteiger partial charge in [-0.15, -0.1) is 0 Å². The lowest BCUT2D eigenvalue weighted by Crippen LogP contribution is -2.35. The Bertz CT molecular complexity index is 157. The fraction of sp³-hybridized carbons (Fsp3) is 1.00. The van der Waals surface area contributed by atoms with Gasteiger partial charge in [0.05, 0.1) is 0 Å². The largest absolute Gasteiger partial charge is 0.396 e. The van der Waals surface area contributed by atoms with Gasteiger partial charge in [0.2, 0.25) is 0 Å². The number of hydrogen-bond donors (Lipinski definition) is 2. The Morgan fingerprint density at radius 3 is 2.44 bits per heavy atom. The van der Waals surface area contributed by atoms with Crippen LogP contribution in [0.4, 0.5) is 0 Å². The standard InChI is InChI=1S/C14H31NO/c1-5-6-7-8-9-13(2)15-12-14(3,4)10-11-16/h13,15-16H,5-12H2,1-4H3. The van der Waals surface area contributed by atoms with Crippen molar-refractivity contribution in [3.05, 3.63) is 0 Å². The zero-order chi connectivity index (χ0) is 12.4. The van der Waals surface area contributed by atoms with E-state index in [0.29, 0.717) is 12.6 Å². The molecule has 0 saturated carbocycles. The first-order chi connectivity index (χ1) is 7.52. The number of hydrogen-bond acceptors (Lipinski definition) is 2. The lowest BCUT2D eigenvalue weighted by Gasteiger charge is -2.26. The van der Waals surface area contributed by atoms with E-state index in [-0.39, 0.29) is 5.41 Å². The Morgan fingerprint density at radius 1 is 1.19 bits per heavy atom. The van der Waals surface area contributed by atoms with Crippen LogP contribution in [-0.2, 0) is 0 Å². The van der Waals surface area contributed by atoms with Crippen LogP contribution in [0.25, 0.3) is 0 Å². The number of aliphatic hydroxyl groups excluding tert-OH is 1. The molecule has 0 aliphatic heterocycles. The number of nitrogens with one attached hydrogen (secondary N) is 1. The van der Waals surface area contributed by atoms with Crippen molar-refractivity contribution < 1.29 is 5.11 Å². The van der Waals surface area contributed by atoms with E-state index in [1.54, 1.807) is 0 Å². The Balaban J connectivity index is 3.52. The Morgan fingerprint density at radius 2 is 1.88 bits per heavy atom. The topological polar surface area (TPSA) is 32.3 Å². The average Bonchev–Trinajstić information content (AvgIpc) is 2.22. The highest BCUT2D eigenvalue weighted by atomic mass is 16.3. The Kier molecular flexibility index (Phi) is 8.96. The van der Waals surface area contributed by atoms with Gasteiger partial charge in [-0.3, -0.25) is 0 Å². The van der Waals surface area contributed by atoms with Gasteiger partial charge in [-0.2, -0.15) is 0 Å². The molecule has 0 heterocycles. The van der Waals surface area contributed by atoms with Gasteiger partial charge in [-0.05, 0) is 25.2 Å². The molecule has 0 aliphatic rings. The van der Waals surface area contributed by atoms with Crippen molar-refractivity contribution in [1.29, 1.82) is 0 Å². The first-order valence-corrected chi connectivity index (χ1v) is 6.86. The maximum Gasteiger partial charge on any atom is 0.0436 e. The van der Waals surface area contributed by atoms with Crippen molar-refractivity contribution in [2.24, 2.45) is 5.41 Å². The van der Waals surface area contributed by atoms with Crippen LogP contribution in [0.3, 0.4) is 0 Å². The van der Waals surface area contributed by atoms with Crippen molar-refractivity contribution in [1.82, 2.24) is 5.32 Å². The van der Waals surface area contributed by atoms with Crippen LogP contribution in [0.5, 0.6) is 0 Å². The number of rotatable bonds is 10. The summed E-state index contributed by atoms with van der Waals surface area (Å²) >= 11 is 0. The average molecular weight is 229 g/mol. The van der Waals surface area contributed by atoms with E-state index < -0.39 is 0 Å². The molecule has 16 heavy (non-hydrogen) atoms. The van der Waals surface area contributed by atoms with E-state index in [4.69, 9.17) is 5.11 Å². The van der Waals surface area contributed by atoms with Crippen LogP contribution in [-0.4, -0.2) is 24.3 Å². The molecule has 0 aromatic heterocycles. The molecule has 0 rings (SSSR count). The molecule has 0 bridgehead atoms. The third-order valence-electron chi connectivity index (χ3n) is 3.21. The predicted octanol–water partition coefficient (Wildman–Crippen LogP) is 3.34. The second-order valence-corrected chi connectivity index (χ2v) is 5.77. The van der Waals surface area contributed by atoms with Crippen LogP contribution in [0, 0.1) is 5.41 Å². The van der Waals surface area contributed by atoms with Gasteiger partial charge in [0.15, 0.2) is 0 Å². The van der Waals surface area contributed by atoms with Crippen LogP contribution in [0.1, 0.15) is 66.2 Å². The molecule has 0 aromatic rings. The summed E-state index contributed by atoms with van der Waals surface area (Å²) in [6, 6.07) is 0.606. The van der Waals surface area contributed by atoms with E-state index in [9.17, 15) is 0 Å². The normalized spacial score (nSPS) is 14.1. The quantitative estimate of drug-likeness (QED) is 0.563. The number of unbranched alkanes of at least 4 members (excludes halogenated alkanes) is 3. The van der Waals surface area contributed by atoms with Gasteiger partial charge in [0.1, 0.15) is 0 Å². The molecule has 1 atom stereocenters. The molecule has 0 aromatic carbocycles. The fourth-order valence-electron chi connectivity index (χ4n) is 1.82. The lowest BCUT2D eigenvalue weighted by atomic mass is 9.89. The first-order valence-electron chi connectivity index (χ1n) is 6.86. The fourth-order valence-corrected chi connectivity index (χ4v) is 1.82. The molecule has 0 radical (unpaired) electrons. The van der Waals surface area contributed by atoms with Crippen molar-refractivity contribution in [3.8, 4) is 0 Å². The first kappa shape index (κ1) is 15.9. The van der Waals surface area contributed by atoms with Crippen molar-refractivity contribution in [2.45, 2.75) is 72.3 Å². The highest BCUT2D eigenvalue weighted by Gasteiger charge is 2.17. The second-order valence-electron chi connectivity index (χ2n) is 5.77. The summed E-state index contributed by atoms with van der Waals surface area (Å²) < 4.78 is 0. The zero-order valence-electron chi connectivity index (χ0n) is 11.7. The summed E-state index contributed by atoms with van der Waals surface area (Å²) in [5.74, 6) is 0. The van der Waals surface area contributed by atoms with Gasteiger partial charge in [-0.25, -0.2) is 0 Å². The predicted molar refractivity (Wildman–Crippen MR) is 71.7 cm³/mol. The van der Waals surface area contributed by atoms with Crippen LogP contribution < -0.4 is 5.32 Å². The zero-order valence-corrected chi connectivity index (χ0v) is 11.7. The smallest absolute Gasteiger partial charge is 0.0436 e. The minimum absolute atomic E-state index is 0.215. The molecule has 0 fully saturated rings. The van der Waals surface area contributed by atoms with E-state index >= 15 is 0 Å². The molecule has 1 unspecified atom stereocenters. The minimum Gasteiger partial charge on any atom is -0.396 e. The molecule has 2 heteroatoms. The maximum atomic E-state index is 8.94. The van der Waals surface area contributed by atoms with Gasteiger partial charge >= 0.3 is 0 Å². The van der Waals surface area contributed by atoms with Gasteiger partial charge in [-0.1, -0.05) is 46.5 Å². The molecule has 0 aliphatic carbocycles. The van der Waals surface area contributed by atoms with Gasteiger partial charge in [0.25, 0.3) is 0 Å². The Labute approximate surface area is 102 Å². The van der Waals surface area contributed by atoms with Crippen LogP contribution >= 0.6 is 0 Å². The highest BCUT2D eigenvalue weighted by molar-refractivity contribution is 4.73. The van der Waals surface area contributed by atoms with E-state index in [1.165, 1.54) is 32.1 Å². The summed E-state index contributed by atoms with van der Waals surface area (Å²) in [5.41, 5.74) is 0.215. The molecule has 0 spiro atoms. The van der Waals surface area contributed by atoms with E-state index in [2.05, 4.69) is 33.0 Å². The van der Waals surface area contributed by atoms with Crippen molar-refractivity contribution in [2.75, 3.05) is 13.2 Å². The highest BCUT2D eigenvalue weighted by Crippen LogP contribution is 2.18. The van der Waals surface area contributed by atoms with Crippen LogP contribution in [0.2, 0.25) is 0 Å². The summed E-state index contributed by atoms with van der Waals surface area (Å²) in [6.45, 7) is 10.2. The van der Waals surface area contributed by atoms with E-state index in [1.807, 2.05) is 0 Å². The monoisotopic (exact) mass is 229 g/mol. The van der Waals surface area contributed by atoms with Gasteiger partial charge in [0, 0.05) is 19.2 Å². The van der Waals surface area contributed by atoms with E-state index in [0.717, 1.165) is 13.0 Å². The third-order valence-corrected chi connectivity index (χ3v) is 3.21. The molecule has 0 amide bonds. The van der Waals surface area contributed by atoms with Crippen molar-refractivity contribution >= 4 is 0 Å². The molecular formula is C14H31NO. The number of aliphatic hydroxyl groups is 1. The SMILES string of the molecule is CCCCCCC(C)NCC(C)(C)CCO. The summed E-state index contributed by atoms with van der Waals surface area (Å²) in [6.07, 6.45) is 7.52. The maximum absolute atomic E-state index is 8.94. The molecule has 98 valence electrons. The molecular weight excluding hydrogens is 198 g/mol. The van der Waals surface area contributed by atoms with Crippen molar-refractivity contribution in [3.63, 3.8) is 0 Å². The second kappa shape index (κ2) is 9.00. The lowest BCUT2D eigenvalue weighted by molar-refractivity contribution is 0.202. The molecule has 2 N–H and O–H groups in total. The molecule has 0 saturated heterocycles. The summed E-state index contributed by atoms with van der Waals surface area (Å²) in [4.78, 5) is 0. The summed E-state index contributed by atoms with van der Waals surface area (Å²) in [7, 11) is 0.